The molecular weight excluding hydrogens is 296 g/mol. The molecule has 0 atom stereocenters. The fraction of sp³-hybridized carbons (Fsp3) is 0.500. The molecule has 1 amide bonds. The van der Waals surface area contributed by atoms with Crippen molar-refractivity contribution >= 4 is 23.6 Å². The normalized spacial score (nSPS) is 17.0. The monoisotopic (exact) mass is 320 g/mol. The molecule has 1 saturated heterocycles. The van der Waals surface area contributed by atoms with Crippen LogP contribution in [0.5, 0.6) is 0 Å². The Morgan fingerprint density at radius 2 is 2.14 bits per heavy atom. The molecule has 1 aliphatic heterocycles. The van der Waals surface area contributed by atoms with E-state index in [1.54, 1.807) is 6.08 Å². The summed E-state index contributed by atoms with van der Waals surface area (Å²) >= 11 is 6.09. The summed E-state index contributed by atoms with van der Waals surface area (Å²) in [4.78, 5) is 14.5. The average molecular weight is 321 g/mol. The summed E-state index contributed by atoms with van der Waals surface area (Å²) in [7, 11) is 0. The molecule has 1 N–H and O–H groups in total. The summed E-state index contributed by atoms with van der Waals surface area (Å²) < 4.78 is 0. The maximum Gasteiger partial charge on any atom is 0.244 e. The summed E-state index contributed by atoms with van der Waals surface area (Å²) in [6.07, 6.45) is 6.68. The van der Waals surface area contributed by atoms with Crippen LogP contribution in [0.1, 0.15) is 37.3 Å². The SMILES string of the molecule is CCCN1CCC(NC(=O)/C=C/c2ccc(C)c(Cl)c2)CC1. The predicted octanol–water partition coefficient (Wildman–Crippen LogP) is 3.65. The van der Waals surface area contributed by atoms with Crippen LogP contribution in [0.25, 0.3) is 6.08 Å². The van der Waals surface area contributed by atoms with E-state index in [9.17, 15) is 4.79 Å². The Balaban J connectivity index is 1.80. The number of benzene rings is 1. The number of piperidine rings is 1. The highest BCUT2D eigenvalue weighted by Crippen LogP contribution is 2.17. The summed E-state index contributed by atoms with van der Waals surface area (Å²) in [5.74, 6) is -0.0226. The molecule has 1 heterocycles. The number of nitrogens with zero attached hydrogens (tertiary/aromatic N) is 1. The van der Waals surface area contributed by atoms with Crippen molar-refractivity contribution in [3.05, 3.63) is 40.4 Å². The summed E-state index contributed by atoms with van der Waals surface area (Å²) in [6, 6.07) is 6.11. The topological polar surface area (TPSA) is 32.3 Å². The van der Waals surface area contributed by atoms with Gasteiger partial charge in [-0.15, -0.1) is 0 Å². The van der Waals surface area contributed by atoms with E-state index in [1.807, 2.05) is 31.2 Å². The largest absolute Gasteiger partial charge is 0.350 e. The zero-order valence-corrected chi connectivity index (χ0v) is 14.2. The minimum atomic E-state index is -0.0226. The van der Waals surface area contributed by atoms with Crippen molar-refractivity contribution in [2.45, 2.75) is 39.2 Å². The molecule has 1 aromatic rings. The Labute approximate surface area is 138 Å². The molecule has 3 nitrogen and oxygen atoms in total. The molecule has 1 fully saturated rings. The van der Waals surface area contributed by atoms with Crippen molar-refractivity contribution in [1.82, 2.24) is 10.2 Å². The third-order valence-electron chi connectivity index (χ3n) is 4.10. The minimum absolute atomic E-state index is 0.0226. The molecule has 0 radical (unpaired) electrons. The zero-order chi connectivity index (χ0) is 15.9. The van der Waals surface area contributed by atoms with E-state index in [1.165, 1.54) is 6.42 Å². The van der Waals surface area contributed by atoms with Crippen LogP contribution in [0, 0.1) is 6.92 Å². The lowest BCUT2D eigenvalue weighted by atomic mass is 10.0. The fourth-order valence-corrected chi connectivity index (χ4v) is 2.94. The quantitative estimate of drug-likeness (QED) is 0.840. The van der Waals surface area contributed by atoms with Crippen molar-refractivity contribution in [2.75, 3.05) is 19.6 Å². The molecule has 0 aliphatic carbocycles. The highest BCUT2D eigenvalue weighted by molar-refractivity contribution is 6.31. The van der Waals surface area contributed by atoms with Gasteiger partial charge in [-0.05, 0) is 56.0 Å². The van der Waals surface area contributed by atoms with E-state index in [4.69, 9.17) is 11.6 Å². The molecule has 0 saturated carbocycles. The number of carbonyl (C=O) groups is 1. The van der Waals surface area contributed by atoms with E-state index < -0.39 is 0 Å². The van der Waals surface area contributed by atoms with E-state index >= 15 is 0 Å². The van der Waals surface area contributed by atoms with Crippen LogP contribution in [0.2, 0.25) is 5.02 Å². The standard InChI is InChI=1S/C18H25ClN2O/c1-3-10-21-11-8-16(9-12-21)20-18(22)7-6-15-5-4-14(2)17(19)13-15/h4-7,13,16H,3,8-12H2,1-2H3,(H,20,22)/b7-6+. The first-order chi connectivity index (χ1) is 10.6. The maximum atomic E-state index is 12.0. The summed E-state index contributed by atoms with van der Waals surface area (Å²) in [6.45, 7) is 7.49. The second kappa shape index (κ2) is 8.35. The van der Waals surface area contributed by atoms with Crippen molar-refractivity contribution in [3.8, 4) is 0 Å². The number of hydrogen-bond donors (Lipinski definition) is 1. The van der Waals surface area contributed by atoms with Gasteiger partial charge in [0.1, 0.15) is 0 Å². The minimum Gasteiger partial charge on any atom is -0.350 e. The third-order valence-corrected chi connectivity index (χ3v) is 4.50. The van der Waals surface area contributed by atoms with Crippen molar-refractivity contribution in [2.24, 2.45) is 0 Å². The van der Waals surface area contributed by atoms with E-state index in [0.29, 0.717) is 6.04 Å². The van der Waals surface area contributed by atoms with Crippen molar-refractivity contribution < 1.29 is 4.79 Å². The molecule has 0 aromatic heterocycles. The van der Waals surface area contributed by atoms with Gasteiger partial charge in [0.15, 0.2) is 0 Å². The number of carbonyl (C=O) groups excluding carboxylic acids is 1. The summed E-state index contributed by atoms with van der Waals surface area (Å²) in [5.41, 5.74) is 1.99. The molecular formula is C18H25ClN2O. The van der Waals surface area contributed by atoms with Gasteiger partial charge in [-0.1, -0.05) is 30.7 Å². The Hall–Kier alpha value is -1.32. The van der Waals surface area contributed by atoms with Crippen molar-refractivity contribution in [3.63, 3.8) is 0 Å². The van der Waals surface area contributed by atoms with Gasteiger partial charge in [0.05, 0.1) is 0 Å². The predicted molar refractivity (Wildman–Crippen MR) is 93.1 cm³/mol. The Morgan fingerprint density at radius 3 is 2.77 bits per heavy atom. The average Bonchev–Trinajstić information content (AvgIpc) is 2.51. The Kier molecular flexibility index (Phi) is 6.47. The molecule has 4 heteroatoms. The zero-order valence-electron chi connectivity index (χ0n) is 13.4. The number of aryl methyl sites for hydroxylation is 1. The second-order valence-corrected chi connectivity index (χ2v) is 6.37. The van der Waals surface area contributed by atoms with Gasteiger partial charge in [0, 0.05) is 30.2 Å². The van der Waals surface area contributed by atoms with Crippen LogP contribution in [-0.2, 0) is 4.79 Å². The lowest BCUT2D eigenvalue weighted by molar-refractivity contribution is -0.117. The third kappa shape index (κ3) is 5.15. The van der Waals surface area contributed by atoms with Gasteiger partial charge in [-0.2, -0.15) is 0 Å². The maximum absolute atomic E-state index is 12.0. The second-order valence-electron chi connectivity index (χ2n) is 5.97. The van der Waals surface area contributed by atoms with Gasteiger partial charge < -0.3 is 10.2 Å². The van der Waals surface area contributed by atoms with E-state index in [-0.39, 0.29) is 5.91 Å². The number of amides is 1. The first-order valence-corrected chi connectivity index (χ1v) is 8.43. The first kappa shape index (κ1) is 17.0. The van der Waals surface area contributed by atoms with Crippen LogP contribution in [0.15, 0.2) is 24.3 Å². The molecule has 1 aliphatic rings. The summed E-state index contributed by atoms with van der Waals surface area (Å²) in [5, 5.41) is 3.82. The molecule has 2 rings (SSSR count). The van der Waals surface area contributed by atoms with Crippen LogP contribution in [-0.4, -0.2) is 36.5 Å². The highest BCUT2D eigenvalue weighted by atomic mass is 35.5. The van der Waals surface area contributed by atoms with Gasteiger partial charge in [0.25, 0.3) is 0 Å². The number of rotatable bonds is 5. The molecule has 1 aromatic carbocycles. The van der Waals surface area contributed by atoms with Gasteiger partial charge in [0.2, 0.25) is 5.91 Å². The first-order valence-electron chi connectivity index (χ1n) is 8.05. The lowest BCUT2D eigenvalue weighted by Gasteiger charge is -2.31. The van der Waals surface area contributed by atoms with Gasteiger partial charge in [-0.3, -0.25) is 4.79 Å². The number of nitrogens with one attached hydrogen (secondary N) is 1. The van der Waals surface area contributed by atoms with Crippen LogP contribution in [0.4, 0.5) is 0 Å². The van der Waals surface area contributed by atoms with E-state index in [2.05, 4.69) is 17.1 Å². The van der Waals surface area contributed by atoms with E-state index in [0.717, 1.165) is 48.6 Å². The Morgan fingerprint density at radius 1 is 1.41 bits per heavy atom. The smallest absolute Gasteiger partial charge is 0.244 e. The molecule has 0 bridgehead atoms. The molecule has 0 spiro atoms. The van der Waals surface area contributed by atoms with Gasteiger partial charge in [-0.25, -0.2) is 0 Å². The van der Waals surface area contributed by atoms with Crippen molar-refractivity contribution in [1.29, 1.82) is 0 Å². The molecule has 0 unspecified atom stereocenters. The molecule has 22 heavy (non-hydrogen) atoms. The van der Waals surface area contributed by atoms with Crippen LogP contribution < -0.4 is 5.32 Å². The lowest BCUT2D eigenvalue weighted by Crippen LogP contribution is -2.44. The number of likely N-dealkylation sites (tertiary alicyclic amines) is 1. The van der Waals surface area contributed by atoms with Gasteiger partial charge >= 0.3 is 0 Å². The van der Waals surface area contributed by atoms with Crippen LogP contribution >= 0.6 is 11.6 Å². The number of halogens is 1. The Bertz CT molecular complexity index is 534. The number of hydrogen-bond acceptors (Lipinski definition) is 2. The fourth-order valence-electron chi connectivity index (χ4n) is 2.75. The van der Waals surface area contributed by atoms with Crippen LogP contribution in [0.3, 0.4) is 0 Å². The highest BCUT2D eigenvalue weighted by Gasteiger charge is 2.19. The molecule has 120 valence electrons.